The van der Waals surface area contributed by atoms with Crippen LogP contribution in [-0.4, -0.2) is 27.1 Å². The van der Waals surface area contributed by atoms with Crippen LogP contribution in [0, 0.1) is 5.92 Å². The molecule has 0 aromatic carbocycles. The lowest BCUT2D eigenvalue weighted by Gasteiger charge is -2.28. The van der Waals surface area contributed by atoms with Crippen LogP contribution in [0.15, 0.2) is 6.20 Å². The Morgan fingerprint density at radius 2 is 2.47 bits per heavy atom. The molecule has 4 heteroatoms. The van der Waals surface area contributed by atoms with E-state index in [1.165, 1.54) is 32.2 Å². The average Bonchev–Trinajstić information content (AvgIpc) is 2.86. The fourth-order valence-corrected chi connectivity index (χ4v) is 2.91. The van der Waals surface area contributed by atoms with Crippen molar-refractivity contribution in [1.29, 1.82) is 0 Å². The molecule has 1 saturated heterocycles. The Morgan fingerprint density at radius 1 is 1.60 bits per heavy atom. The standard InChI is InChI=1S/C11H18N4/c1-15-8-10(13-14-15)7-11(9-3-4-9)5-2-6-12-11/h8-9,12H,2-7H2,1H3. The van der Waals surface area contributed by atoms with Crippen LogP contribution < -0.4 is 5.32 Å². The highest BCUT2D eigenvalue weighted by molar-refractivity contribution is 5.11. The summed E-state index contributed by atoms with van der Waals surface area (Å²) in [5.74, 6) is 0.891. The van der Waals surface area contributed by atoms with Crippen molar-refractivity contribution < 1.29 is 0 Å². The van der Waals surface area contributed by atoms with Gasteiger partial charge in [0.2, 0.25) is 0 Å². The molecule has 1 atom stereocenters. The normalized spacial score (nSPS) is 31.0. The third kappa shape index (κ3) is 1.67. The Morgan fingerprint density at radius 3 is 3.00 bits per heavy atom. The van der Waals surface area contributed by atoms with E-state index in [1.807, 2.05) is 13.2 Å². The minimum absolute atomic E-state index is 0.357. The van der Waals surface area contributed by atoms with E-state index >= 15 is 0 Å². The maximum absolute atomic E-state index is 4.21. The smallest absolute Gasteiger partial charge is 0.0845 e. The van der Waals surface area contributed by atoms with E-state index in [0.717, 1.165) is 18.0 Å². The summed E-state index contributed by atoms with van der Waals surface area (Å²) < 4.78 is 1.80. The van der Waals surface area contributed by atoms with Crippen molar-refractivity contribution in [2.45, 2.75) is 37.6 Å². The number of rotatable bonds is 3. The van der Waals surface area contributed by atoms with Crippen LogP contribution >= 0.6 is 0 Å². The average molecular weight is 206 g/mol. The topological polar surface area (TPSA) is 42.7 Å². The molecule has 1 aliphatic heterocycles. The molecule has 2 aliphatic rings. The van der Waals surface area contributed by atoms with Crippen LogP contribution in [0.4, 0.5) is 0 Å². The minimum Gasteiger partial charge on any atom is -0.311 e. The number of aromatic nitrogens is 3. The van der Waals surface area contributed by atoms with Gasteiger partial charge in [0.25, 0.3) is 0 Å². The summed E-state index contributed by atoms with van der Waals surface area (Å²) in [6.45, 7) is 1.18. The van der Waals surface area contributed by atoms with Crippen molar-refractivity contribution >= 4 is 0 Å². The lowest BCUT2D eigenvalue weighted by molar-refractivity contribution is 0.320. The molecule has 15 heavy (non-hydrogen) atoms. The van der Waals surface area contributed by atoms with E-state index in [4.69, 9.17) is 0 Å². The number of nitrogens with zero attached hydrogens (tertiary/aromatic N) is 3. The summed E-state index contributed by atoms with van der Waals surface area (Å²) >= 11 is 0. The van der Waals surface area contributed by atoms with Crippen molar-refractivity contribution in [2.24, 2.45) is 13.0 Å². The maximum Gasteiger partial charge on any atom is 0.0845 e. The molecule has 1 N–H and O–H groups in total. The quantitative estimate of drug-likeness (QED) is 0.798. The first-order valence-corrected chi connectivity index (χ1v) is 5.89. The van der Waals surface area contributed by atoms with Gasteiger partial charge in [-0.1, -0.05) is 5.21 Å². The van der Waals surface area contributed by atoms with Gasteiger partial charge in [-0.05, 0) is 38.1 Å². The Kier molecular flexibility index (Phi) is 2.06. The second kappa shape index (κ2) is 3.30. The van der Waals surface area contributed by atoms with Gasteiger partial charge in [-0.15, -0.1) is 5.10 Å². The Hall–Kier alpha value is -0.900. The summed E-state index contributed by atoms with van der Waals surface area (Å²) in [6.07, 6.45) is 8.53. The van der Waals surface area contributed by atoms with Crippen LogP contribution in [0.25, 0.3) is 0 Å². The van der Waals surface area contributed by atoms with Crippen LogP contribution in [0.3, 0.4) is 0 Å². The molecule has 0 spiro atoms. The molecule has 3 rings (SSSR count). The van der Waals surface area contributed by atoms with E-state index in [-0.39, 0.29) is 0 Å². The SMILES string of the molecule is Cn1cc(CC2(C3CC3)CCCN2)nn1. The lowest BCUT2D eigenvalue weighted by atomic mass is 9.86. The predicted octanol–water partition coefficient (Wildman–Crippen LogP) is 0.890. The van der Waals surface area contributed by atoms with Gasteiger partial charge in [-0.25, -0.2) is 0 Å². The molecule has 2 fully saturated rings. The molecular weight excluding hydrogens is 188 g/mol. The Balaban J connectivity index is 1.78. The third-order valence-corrected chi connectivity index (χ3v) is 3.78. The number of hydrogen-bond acceptors (Lipinski definition) is 3. The van der Waals surface area contributed by atoms with Crippen molar-refractivity contribution in [2.75, 3.05) is 6.54 Å². The summed E-state index contributed by atoms with van der Waals surface area (Å²) in [7, 11) is 1.93. The van der Waals surface area contributed by atoms with E-state index in [0.29, 0.717) is 5.54 Å². The summed E-state index contributed by atoms with van der Waals surface area (Å²) in [6, 6.07) is 0. The van der Waals surface area contributed by atoms with E-state index in [2.05, 4.69) is 15.6 Å². The van der Waals surface area contributed by atoms with Gasteiger partial charge >= 0.3 is 0 Å². The van der Waals surface area contributed by atoms with Crippen molar-refractivity contribution in [3.8, 4) is 0 Å². The Bertz CT molecular complexity index is 347. The van der Waals surface area contributed by atoms with Crippen LogP contribution in [0.5, 0.6) is 0 Å². The highest BCUT2D eigenvalue weighted by Crippen LogP contribution is 2.45. The van der Waals surface area contributed by atoms with E-state index in [9.17, 15) is 0 Å². The van der Waals surface area contributed by atoms with Crippen molar-refractivity contribution in [3.63, 3.8) is 0 Å². The molecule has 0 radical (unpaired) electrons. The first-order valence-electron chi connectivity index (χ1n) is 5.89. The van der Waals surface area contributed by atoms with E-state index < -0.39 is 0 Å². The van der Waals surface area contributed by atoms with Gasteiger partial charge in [0.1, 0.15) is 0 Å². The Labute approximate surface area is 90.0 Å². The van der Waals surface area contributed by atoms with E-state index in [1.54, 1.807) is 4.68 Å². The summed E-state index contributed by atoms with van der Waals surface area (Å²) in [4.78, 5) is 0. The maximum atomic E-state index is 4.21. The van der Waals surface area contributed by atoms with Crippen LogP contribution in [-0.2, 0) is 13.5 Å². The van der Waals surface area contributed by atoms with Crippen molar-refractivity contribution in [3.05, 3.63) is 11.9 Å². The molecule has 4 nitrogen and oxygen atoms in total. The molecule has 1 aromatic rings. The molecule has 2 heterocycles. The highest BCUT2D eigenvalue weighted by atomic mass is 15.4. The van der Waals surface area contributed by atoms with Gasteiger partial charge in [0, 0.05) is 25.2 Å². The van der Waals surface area contributed by atoms with Gasteiger partial charge in [0.05, 0.1) is 5.69 Å². The zero-order valence-electron chi connectivity index (χ0n) is 9.24. The van der Waals surface area contributed by atoms with Crippen LogP contribution in [0.2, 0.25) is 0 Å². The molecule has 1 aliphatic carbocycles. The first kappa shape index (κ1) is 9.33. The molecular formula is C11H18N4. The zero-order valence-corrected chi connectivity index (χ0v) is 9.24. The van der Waals surface area contributed by atoms with Gasteiger partial charge in [-0.2, -0.15) is 0 Å². The minimum atomic E-state index is 0.357. The van der Waals surface area contributed by atoms with Gasteiger partial charge in [0.15, 0.2) is 0 Å². The summed E-state index contributed by atoms with van der Waals surface area (Å²) in [5.41, 5.74) is 1.49. The fourth-order valence-electron chi connectivity index (χ4n) is 2.91. The number of hydrogen-bond donors (Lipinski definition) is 1. The number of nitrogens with one attached hydrogen (secondary N) is 1. The van der Waals surface area contributed by atoms with Crippen molar-refractivity contribution in [1.82, 2.24) is 20.3 Å². The number of aryl methyl sites for hydroxylation is 1. The first-order chi connectivity index (χ1) is 7.28. The molecule has 0 bridgehead atoms. The largest absolute Gasteiger partial charge is 0.311 e. The van der Waals surface area contributed by atoms with Crippen LogP contribution in [0.1, 0.15) is 31.4 Å². The molecule has 1 unspecified atom stereocenters. The van der Waals surface area contributed by atoms with Gasteiger partial charge < -0.3 is 5.32 Å². The molecule has 1 saturated carbocycles. The molecule has 1 aromatic heterocycles. The lowest BCUT2D eigenvalue weighted by Crippen LogP contribution is -2.44. The second-order valence-corrected chi connectivity index (χ2v) is 5.02. The monoisotopic (exact) mass is 206 g/mol. The predicted molar refractivity (Wildman–Crippen MR) is 57.4 cm³/mol. The summed E-state index contributed by atoms with van der Waals surface area (Å²) in [5, 5.41) is 11.9. The van der Waals surface area contributed by atoms with Gasteiger partial charge in [-0.3, -0.25) is 4.68 Å². The highest BCUT2D eigenvalue weighted by Gasteiger charge is 2.46. The zero-order chi connectivity index (χ0) is 10.3. The molecule has 82 valence electrons. The fraction of sp³-hybridized carbons (Fsp3) is 0.818. The second-order valence-electron chi connectivity index (χ2n) is 5.02. The molecule has 0 amide bonds. The third-order valence-electron chi connectivity index (χ3n) is 3.78.